The fourth-order valence-electron chi connectivity index (χ4n) is 1.98. The molecule has 0 saturated carbocycles. The average Bonchev–Trinajstić information content (AvgIpc) is 2.63. The van der Waals surface area contributed by atoms with Gasteiger partial charge in [0.25, 0.3) is 11.8 Å². The van der Waals surface area contributed by atoms with Crippen LogP contribution in [0.1, 0.15) is 37.0 Å². The van der Waals surface area contributed by atoms with Gasteiger partial charge in [-0.05, 0) is 56.0 Å². The Balaban J connectivity index is 2.63. The Bertz CT molecular complexity index is 610. The lowest BCUT2D eigenvalue weighted by Crippen LogP contribution is -2.44. The summed E-state index contributed by atoms with van der Waals surface area (Å²) in [5, 5.41) is 5.90. The maximum Gasteiger partial charge on any atom is 0.329 e. The standard InChI is InChI=1S/C18H25ClN2O4S/c1-4-12(2)20-16(22)11-25-18(24)15(9-10-26-3)21-17(23)13-5-7-14(19)8-6-13/h5-8,12,15H,4,9-11H2,1-3H3,(H,20,22)(H,21,23)/t12-,15-/m0/s1. The Hall–Kier alpha value is -1.73. The molecule has 0 aliphatic carbocycles. The van der Waals surface area contributed by atoms with Crippen molar-refractivity contribution in [2.24, 2.45) is 0 Å². The first-order chi connectivity index (χ1) is 12.4. The summed E-state index contributed by atoms with van der Waals surface area (Å²) in [5.74, 6) is -0.713. The van der Waals surface area contributed by atoms with Crippen molar-refractivity contribution < 1.29 is 19.1 Å². The Morgan fingerprint density at radius 2 is 1.85 bits per heavy atom. The average molecular weight is 401 g/mol. The van der Waals surface area contributed by atoms with Crippen molar-refractivity contribution in [2.75, 3.05) is 18.6 Å². The number of rotatable bonds is 10. The highest BCUT2D eigenvalue weighted by atomic mass is 35.5. The molecule has 8 heteroatoms. The van der Waals surface area contributed by atoms with Crippen LogP contribution in [0.15, 0.2) is 24.3 Å². The van der Waals surface area contributed by atoms with Crippen LogP contribution in [0.5, 0.6) is 0 Å². The van der Waals surface area contributed by atoms with Gasteiger partial charge in [-0.1, -0.05) is 18.5 Å². The topological polar surface area (TPSA) is 84.5 Å². The third-order valence-corrected chi connectivity index (χ3v) is 4.57. The molecule has 0 aromatic heterocycles. The Morgan fingerprint density at radius 3 is 2.42 bits per heavy atom. The number of benzene rings is 1. The molecule has 0 fully saturated rings. The number of ether oxygens (including phenoxy) is 1. The van der Waals surface area contributed by atoms with Gasteiger partial charge in [0, 0.05) is 16.6 Å². The smallest absolute Gasteiger partial charge is 0.329 e. The molecule has 144 valence electrons. The van der Waals surface area contributed by atoms with Crippen molar-refractivity contribution >= 4 is 41.1 Å². The van der Waals surface area contributed by atoms with E-state index >= 15 is 0 Å². The van der Waals surface area contributed by atoms with Crippen LogP contribution in [0.25, 0.3) is 0 Å². The lowest BCUT2D eigenvalue weighted by Gasteiger charge is -2.18. The van der Waals surface area contributed by atoms with Gasteiger partial charge in [0.05, 0.1) is 0 Å². The van der Waals surface area contributed by atoms with E-state index in [2.05, 4.69) is 10.6 Å². The largest absolute Gasteiger partial charge is 0.454 e. The molecule has 1 aromatic carbocycles. The fraction of sp³-hybridized carbons (Fsp3) is 0.500. The van der Waals surface area contributed by atoms with E-state index in [4.69, 9.17) is 16.3 Å². The summed E-state index contributed by atoms with van der Waals surface area (Å²) in [7, 11) is 0. The number of hydrogen-bond acceptors (Lipinski definition) is 5. The van der Waals surface area contributed by atoms with Gasteiger partial charge < -0.3 is 15.4 Å². The minimum atomic E-state index is -0.818. The van der Waals surface area contributed by atoms with Crippen LogP contribution in [-0.2, 0) is 14.3 Å². The van der Waals surface area contributed by atoms with Crippen LogP contribution in [0.4, 0.5) is 0 Å². The second-order valence-corrected chi connectivity index (χ2v) is 7.22. The van der Waals surface area contributed by atoms with Crippen molar-refractivity contribution in [1.29, 1.82) is 0 Å². The number of carbonyl (C=O) groups excluding carboxylic acids is 3. The summed E-state index contributed by atoms with van der Waals surface area (Å²) in [6.45, 7) is 3.45. The molecule has 6 nitrogen and oxygen atoms in total. The van der Waals surface area contributed by atoms with E-state index in [0.717, 1.165) is 6.42 Å². The minimum Gasteiger partial charge on any atom is -0.454 e. The van der Waals surface area contributed by atoms with E-state index in [9.17, 15) is 14.4 Å². The maximum atomic E-state index is 12.3. The fourth-order valence-corrected chi connectivity index (χ4v) is 2.58. The van der Waals surface area contributed by atoms with Gasteiger partial charge in [-0.3, -0.25) is 9.59 Å². The lowest BCUT2D eigenvalue weighted by atomic mass is 10.1. The first kappa shape index (κ1) is 22.3. The minimum absolute atomic E-state index is 0.0121. The van der Waals surface area contributed by atoms with Crippen molar-refractivity contribution in [3.05, 3.63) is 34.9 Å². The number of nitrogens with one attached hydrogen (secondary N) is 2. The normalized spacial score (nSPS) is 12.8. The molecule has 0 heterocycles. The molecule has 0 aliphatic heterocycles. The van der Waals surface area contributed by atoms with Crippen LogP contribution >= 0.6 is 23.4 Å². The van der Waals surface area contributed by atoms with E-state index in [1.165, 1.54) is 0 Å². The third-order valence-electron chi connectivity index (χ3n) is 3.67. The first-order valence-electron chi connectivity index (χ1n) is 8.38. The summed E-state index contributed by atoms with van der Waals surface area (Å²) < 4.78 is 5.07. The van der Waals surface area contributed by atoms with Crippen molar-refractivity contribution in [3.63, 3.8) is 0 Å². The summed E-state index contributed by atoms with van der Waals surface area (Å²) in [6, 6.07) is 5.55. The highest BCUT2D eigenvalue weighted by molar-refractivity contribution is 7.98. The van der Waals surface area contributed by atoms with Crippen LogP contribution in [0.2, 0.25) is 5.02 Å². The third kappa shape index (κ3) is 8.10. The number of halogens is 1. The molecule has 26 heavy (non-hydrogen) atoms. The van der Waals surface area contributed by atoms with Gasteiger partial charge in [-0.15, -0.1) is 0 Å². The second kappa shape index (κ2) is 11.8. The Morgan fingerprint density at radius 1 is 1.19 bits per heavy atom. The van der Waals surface area contributed by atoms with E-state index < -0.39 is 17.9 Å². The highest BCUT2D eigenvalue weighted by Gasteiger charge is 2.23. The van der Waals surface area contributed by atoms with Gasteiger partial charge >= 0.3 is 5.97 Å². The van der Waals surface area contributed by atoms with E-state index in [-0.39, 0.29) is 18.6 Å². The quantitative estimate of drug-likeness (QED) is 0.590. The van der Waals surface area contributed by atoms with E-state index in [0.29, 0.717) is 22.8 Å². The van der Waals surface area contributed by atoms with Gasteiger partial charge in [-0.25, -0.2) is 4.79 Å². The van der Waals surface area contributed by atoms with Gasteiger partial charge in [0.15, 0.2) is 6.61 Å². The van der Waals surface area contributed by atoms with Gasteiger partial charge in [0.1, 0.15) is 6.04 Å². The Kier molecular flexibility index (Phi) is 10.1. The number of carbonyl (C=O) groups is 3. The summed E-state index contributed by atoms with van der Waals surface area (Å²) in [5.41, 5.74) is 0.394. The molecule has 0 saturated heterocycles. The van der Waals surface area contributed by atoms with Crippen LogP contribution < -0.4 is 10.6 Å². The zero-order valence-corrected chi connectivity index (χ0v) is 16.8. The van der Waals surface area contributed by atoms with Crippen molar-refractivity contribution in [2.45, 2.75) is 38.8 Å². The molecule has 0 bridgehead atoms. The van der Waals surface area contributed by atoms with Crippen LogP contribution in [-0.4, -0.2) is 48.5 Å². The molecule has 0 unspecified atom stereocenters. The zero-order valence-electron chi connectivity index (χ0n) is 15.2. The summed E-state index contributed by atoms with van der Waals surface area (Å²) in [6.07, 6.45) is 3.10. The molecule has 1 rings (SSSR count). The summed E-state index contributed by atoms with van der Waals surface area (Å²) in [4.78, 5) is 36.3. The molecular weight excluding hydrogens is 376 g/mol. The van der Waals surface area contributed by atoms with Crippen LogP contribution in [0.3, 0.4) is 0 Å². The van der Waals surface area contributed by atoms with E-state index in [1.807, 2.05) is 20.1 Å². The molecule has 2 amide bonds. The SMILES string of the molecule is CC[C@H](C)NC(=O)COC(=O)[C@H](CCSC)NC(=O)c1ccc(Cl)cc1. The number of hydrogen-bond donors (Lipinski definition) is 2. The molecule has 2 N–H and O–H groups in total. The first-order valence-corrected chi connectivity index (χ1v) is 10.2. The molecule has 0 spiro atoms. The second-order valence-electron chi connectivity index (χ2n) is 5.80. The molecule has 0 aliphatic rings. The number of amides is 2. The predicted molar refractivity (Wildman–Crippen MR) is 105 cm³/mol. The predicted octanol–water partition coefficient (Wildman–Crippen LogP) is 2.65. The van der Waals surface area contributed by atoms with E-state index in [1.54, 1.807) is 36.0 Å². The summed E-state index contributed by atoms with van der Waals surface area (Å²) >= 11 is 7.36. The molecule has 1 aromatic rings. The van der Waals surface area contributed by atoms with Gasteiger partial charge in [-0.2, -0.15) is 11.8 Å². The zero-order chi connectivity index (χ0) is 19.5. The monoisotopic (exact) mass is 400 g/mol. The molecular formula is C18H25ClN2O4S. The highest BCUT2D eigenvalue weighted by Crippen LogP contribution is 2.10. The number of esters is 1. The molecule has 0 radical (unpaired) electrons. The molecule has 2 atom stereocenters. The Labute approximate surface area is 163 Å². The number of thioether (sulfide) groups is 1. The lowest BCUT2D eigenvalue weighted by molar-refractivity contribution is -0.150. The maximum absolute atomic E-state index is 12.3. The van der Waals surface area contributed by atoms with Crippen molar-refractivity contribution in [3.8, 4) is 0 Å². The van der Waals surface area contributed by atoms with Crippen LogP contribution in [0, 0.1) is 0 Å². The van der Waals surface area contributed by atoms with Gasteiger partial charge in [0.2, 0.25) is 0 Å². The van der Waals surface area contributed by atoms with Crippen molar-refractivity contribution in [1.82, 2.24) is 10.6 Å².